The summed E-state index contributed by atoms with van der Waals surface area (Å²) in [6, 6.07) is 1.74. The van der Waals surface area contributed by atoms with Crippen LogP contribution < -0.4 is 5.32 Å². The van der Waals surface area contributed by atoms with Crippen LogP contribution in [-0.4, -0.2) is 34.2 Å². The van der Waals surface area contributed by atoms with Crippen molar-refractivity contribution in [3.63, 3.8) is 0 Å². The minimum absolute atomic E-state index is 0.00240. The fourth-order valence-electron chi connectivity index (χ4n) is 2.67. The molecule has 2 atom stereocenters. The van der Waals surface area contributed by atoms with E-state index in [2.05, 4.69) is 20.5 Å². The number of aromatic amines is 1. The van der Waals surface area contributed by atoms with Crippen LogP contribution in [0.5, 0.6) is 0 Å². The monoisotopic (exact) mass is 286 g/mol. The van der Waals surface area contributed by atoms with E-state index in [9.17, 15) is 4.79 Å². The summed E-state index contributed by atoms with van der Waals surface area (Å²) in [4.78, 5) is 16.2. The summed E-state index contributed by atoms with van der Waals surface area (Å²) in [7, 11) is 0. The summed E-state index contributed by atoms with van der Waals surface area (Å²) >= 11 is 0. The van der Waals surface area contributed by atoms with Gasteiger partial charge in [-0.25, -0.2) is 0 Å². The number of rotatable bonds is 4. The molecule has 3 rings (SSSR count). The molecule has 1 fully saturated rings. The summed E-state index contributed by atoms with van der Waals surface area (Å²) in [6.07, 6.45) is 7.89. The van der Waals surface area contributed by atoms with Crippen molar-refractivity contribution in [1.82, 2.24) is 20.5 Å². The maximum Gasteiger partial charge on any atom is 0.251 e. The molecule has 1 amide bonds. The number of aryl methyl sites for hydroxylation is 1. The van der Waals surface area contributed by atoms with Crippen molar-refractivity contribution >= 4 is 5.91 Å². The third kappa shape index (κ3) is 2.95. The second kappa shape index (κ2) is 6.05. The highest BCUT2D eigenvalue weighted by atomic mass is 16.5. The maximum absolute atomic E-state index is 12.2. The zero-order valence-corrected chi connectivity index (χ0v) is 11.9. The Balaban J connectivity index is 1.62. The van der Waals surface area contributed by atoms with Crippen LogP contribution in [0.1, 0.15) is 34.0 Å². The summed E-state index contributed by atoms with van der Waals surface area (Å²) in [5.74, 6) is 0.210. The van der Waals surface area contributed by atoms with Crippen molar-refractivity contribution in [3.05, 3.63) is 47.5 Å². The smallest absolute Gasteiger partial charge is 0.251 e. The number of amides is 1. The molecule has 2 aromatic rings. The predicted octanol–water partition coefficient (Wildman–Crippen LogP) is 1.62. The molecule has 21 heavy (non-hydrogen) atoms. The largest absolute Gasteiger partial charge is 0.373 e. The lowest BCUT2D eigenvalue weighted by Gasteiger charge is -2.18. The van der Waals surface area contributed by atoms with E-state index in [1.807, 2.05) is 13.1 Å². The predicted molar refractivity (Wildman–Crippen MR) is 76.7 cm³/mol. The van der Waals surface area contributed by atoms with Gasteiger partial charge < -0.3 is 10.1 Å². The second-order valence-electron chi connectivity index (χ2n) is 5.27. The Bertz CT molecular complexity index is 612. The Morgan fingerprint density at radius 1 is 1.52 bits per heavy atom. The number of hydrogen-bond acceptors (Lipinski definition) is 4. The molecule has 0 radical (unpaired) electrons. The van der Waals surface area contributed by atoms with Gasteiger partial charge in [0.25, 0.3) is 5.91 Å². The number of ether oxygens (including phenoxy) is 1. The molecule has 1 aliphatic heterocycles. The number of nitrogens with one attached hydrogen (secondary N) is 2. The molecule has 6 heteroatoms. The molecule has 110 valence electrons. The fourth-order valence-corrected chi connectivity index (χ4v) is 2.67. The number of nitrogens with zero attached hydrogens (tertiary/aromatic N) is 2. The summed E-state index contributed by atoms with van der Waals surface area (Å²) in [6.45, 7) is 3.19. The Morgan fingerprint density at radius 3 is 3.19 bits per heavy atom. The highest BCUT2D eigenvalue weighted by Crippen LogP contribution is 2.33. The van der Waals surface area contributed by atoms with Crippen molar-refractivity contribution in [3.8, 4) is 0 Å². The van der Waals surface area contributed by atoms with Crippen molar-refractivity contribution in [2.75, 3.05) is 13.2 Å². The van der Waals surface area contributed by atoms with E-state index in [1.165, 1.54) is 0 Å². The van der Waals surface area contributed by atoms with Gasteiger partial charge in [-0.05, 0) is 25.0 Å². The van der Waals surface area contributed by atoms with Crippen molar-refractivity contribution in [2.45, 2.75) is 19.4 Å². The SMILES string of the molecule is Cc1cnccc1C(=O)NC[C@H]1CCO[C@@H]1c1cn[nH]c1. The number of pyridine rings is 1. The van der Waals surface area contributed by atoms with Crippen LogP contribution in [0.25, 0.3) is 0 Å². The lowest BCUT2D eigenvalue weighted by atomic mass is 9.97. The van der Waals surface area contributed by atoms with E-state index < -0.39 is 0 Å². The van der Waals surface area contributed by atoms with E-state index in [0.717, 1.165) is 17.5 Å². The van der Waals surface area contributed by atoms with Crippen LogP contribution in [0.3, 0.4) is 0 Å². The second-order valence-corrected chi connectivity index (χ2v) is 5.27. The Morgan fingerprint density at radius 2 is 2.43 bits per heavy atom. The van der Waals surface area contributed by atoms with Crippen LogP contribution in [0.15, 0.2) is 30.9 Å². The first-order chi connectivity index (χ1) is 10.3. The molecule has 0 bridgehead atoms. The Labute approximate surface area is 122 Å². The average Bonchev–Trinajstić information content (AvgIpc) is 3.16. The first-order valence-electron chi connectivity index (χ1n) is 7.05. The molecular formula is C15H18N4O2. The van der Waals surface area contributed by atoms with Gasteiger partial charge >= 0.3 is 0 Å². The van der Waals surface area contributed by atoms with E-state index >= 15 is 0 Å². The van der Waals surface area contributed by atoms with E-state index in [1.54, 1.807) is 24.7 Å². The highest BCUT2D eigenvalue weighted by molar-refractivity contribution is 5.95. The number of H-pyrrole nitrogens is 1. The molecule has 2 aromatic heterocycles. The zero-order valence-electron chi connectivity index (χ0n) is 11.9. The first-order valence-corrected chi connectivity index (χ1v) is 7.05. The zero-order chi connectivity index (χ0) is 14.7. The number of aromatic nitrogens is 3. The van der Waals surface area contributed by atoms with Gasteiger partial charge in [-0.3, -0.25) is 14.9 Å². The molecular weight excluding hydrogens is 268 g/mol. The van der Waals surface area contributed by atoms with Gasteiger partial charge in [0.1, 0.15) is 0 Å². The Hall–Kier alpha value is -2.21. The normalized spacial score (nSPS) is 21.4. The molecule has 1 saturated heterocycles. The minimum Gasteiger partial charge on any atom is -0.373 e. The van der Waals surface area contributed by atoms with Gasteiger partial charge in [-0.2, -0.15) is 5.10 Å². The van der Waals surface area contributed by atoms with Gasteiger partial charge in [-0.1, -0.05) is 0 Å². The number of carbonyl (C=O) groups is 1. The summed E-state index contributed by atoms with van der Waals surface area (Å²) in [5.41, 5.74) is 2.58. The van der Waals surface area contributed by atoms with Crippen LogP contribution >= 0.6 is 0 Å². The van der Waals surface area contributed by atoms with Gasteiger partial charge in [-0.15, -0.1) is 0 Å². The quantitative estimate of drug-likeness (QED) is 0.895. The highest BCUT2D eigenvalue weighted by Gasteiger charge is 2.30. The first kappa shape index (κ1) is 13.8. The fraction of sp³-hybridized carbons (Fsp3) is 0.400. The molecule has 0 spiro atoms. The molecule has 3 heterocycles. The van der Waals surface area contributed by atoms with Crippen LogP contribution in [-0.2, 0) is 4.74 Å². The molecule has 6 nitrogen and oxygen atoms in total. The van der Waals surface area contributed by atoms with Gasteiger partial charge in [0, 0.05) is 48.8 Å². The lowest BCUT2D eigenvalue weighted by Crippen LogP contribution is -2.31. The number of hydrogen-bond donors (Lipinski definition) is 2. The molecule has 0 unspecified atom stereocenters. The number of carbonyl (C=O) groups excluding carboxylic acids is 1. The van der Waals surface area contributed by atoms with E-state index in [-0.39, 0.29) is 17.9 Å². The van der Waals surface area contributed by atoms with Gasteiger partial charge in [0.2, 0.25) is 0 Å². The molecule has 0 aliphatic carbocycles. The Kier molecular flexibility index (Phi) is 3.96. The summed E-state index contributed by atoms with van der Waals surface area (Å²) < 4.78 is 5.75. The summed E-state index contributed by atoms with van der Waals surface area (Å²) in [5, 5.41) is 9.75. The third-order valence-electron chi connectivity index (χ3n) is 3.85. The van der Waals surface area contributed by atoms with Crippen LogP contribution in [0.4, 0.5) is 0 Å². The van der Waals surface area contributed by atoms with E-state index in [4.69, 9.17) is 4.74 Å². The minimum atomic E-state index is -0.0623. The van der Waals surface area contributed by atoms with E-state index in [0.29, 0.717) is 18.7 Å². The van der Waals surface area contributed by atoms with Crippen LogP contribution in [0.2, 0.25) is 0 Å². The molecule has 0 saturated carbocycles. The maximum atomic E-state index is 12.2. The lowest BCUT2D eigenvalue weighted by molar-refractivity contribution is 0.0846. The van der Waals surface area contributed by atoms with Gasteiger partial charge in [0.05, 0.1) is 12.3 Å². The van der Waals surface area contributed by atoms with Crippen LogP contribution in [0, 0.1) is 12.8 Å². The van der Waals surface area contributed by atoms with Crippen molar-refractivity contribution < 1.29 is 9.53 Å². The molecule has 2 N–H and O–H groups in total. The molecule has 1 aliphatic rings. The van der Waals surface area contributed by atoms with Gasteiger partial charge in [0.15, 0.2) is 0 Å². The van der Waals surface area contributed by atoms with Crippen molar-refractivity contribution in [1.29, 1.82) is 0 Å². The topological polar surface area (TPSA) is 79.9 Å². The van der Waals surface area contributed by atoms with Crippen molar-refractivity contribution in [2.24, 2.45) is 5.92 Å². The third-order valence-corrected chi connectivity index (χ3v) is 3.85. The standard InChI is InChI=1S/C15H18N4O2/c1-10-6-16-4-2-13(10)15(20)17-7-11-3-5-21-14(11)12-8-18-19-9-12/h2,4,6,8-9,11,14H,3,5,7H2,1H3,(H,17,20)(H,18,19)/t11-,14+/m1/s1. The molecule has 0 aromatic carbocycles. The average molecular weight is 286 g/mol.